The van der Waals surface area contributed by atoms with Crippen LogP contribution in [-0.2, 0) is 4.74 Å². The van der Waals surface area contributed by atoms with Gasteiger partial charge in [-0.25, -0.2) is 9.97 Å². The van der Waals surface area contributed by atoms with Crippen molar-refractivity contribution in [2.45, 2.75) is 38.1 Å². The molecule has 2 aliphatic rings. The van der Waals surface area contributed by atoms with E-state index in [1.54, 1.807) is 0 Å². The van der Waals surface area contributed by atoms with Crippen LogP contribution in [0.15, 0.2) is 6.20 Å². The van der Waals surface area contributed by atoms with Crippen LogP contribution in [0, 0.1) is 0 Å². The van der Waals surface area contributed by atoms with Crippen molar-refractivity contribution < 1.29 is 9.53 Å². The van der Waals surface area contributed by atoms with E-state index in [4.69, 9.17) is 16.3 Å². The van der Waals surface area contributed by atoms with E-state index in [0.717, 1.165) is 25.9 Å². The highest BCUT2D eigenvalue weighted by Gasteiger charge is 2.22. The lowest BCUT2D eigenvalue weighted by Crippen LogP contribution is -2.39. The maximum atomic E-state index is 12.4. The molecule has 0 spiro atoms. The van der Waals surface area contributed by atoms with E-state index in [2.05, 4.69) is 15.3 Å². The molecule has 1 aromatic heterocycles. The zero-order valence-corrected chi connectivity index (χ0v) is 13.3. The van der Waals surface area contributed by atoms with Gasteiger partial charge in [0, 0.05) is 19.1 Å². The van der Waals surface area contributed by atoms with Crippen LogP contribution in [0.25, 0.3) is 0 Å². The maximum Gasteiger partial charge on any atom is 0.271 e. The number of aromatic nitrogens is 2. The first-order valence-electron chi connectivity index (χ1n) is 7.90. The normalized spacial score (nSPS) is 20.0. The number of amides is 1. The minimum atomic E-state index is -0.200. The van der Waals surface area contributed by atoms with Crippen molar-refractivity contribution in [1.29, 1.82) is 0 Å². The molecule has 1 saturated heterocycles. The Bertz CT molecular complexity index is 528. The standard InChI is InChI=1S/C15H21ClN4O2/c16-12-10-17-15(20-6-8-22-9-7-20)19-13(12)14(21)18-11-4-2-1-3-5-11/h10-11H,1-9H2,(H,18,21). The lowest BCUT2D eigenvalue weighted by Gasteiger charge is -2.27. The first-order chi connectivity index (χ1) is 10.7. The highest BCUT2D eigenvalue weighted by atomic mass is 35.5. The van der Waals surface area contributed by atoms with Crippen molar-refractivity contribution in [2.24, 2.45) is 0 Å². The highest BCUT2D eigenvalue weighted by molar-refractivity contribution is 6.33. The van der Waals surface area contributed by atoms with Gasteiger partial charge in [0.1, 0.15) is 0 Å². The molecule has 2 heterocycles. The lowest BCUT2D eigenvalue weighted by molar-refractivity contribution is 0.0922. The Labute approximate surface area is 135 Å². The molecule has 1 aliphatic carbocycles. The first kappa shape index (κ1) is 15.5. The summed E-state index contributed by atoms with van der Waals surface area (Å²) in [6.07, 6.45) is 7.16. The molecule has 2 fully saturated rings. The molecule has 1 saturated carbocycles. The van der Waals surface area contributed by atoms with Crippen LogP contribution in [0.1, 0.15) is 42.6 Å². The number of hydrogen-bond acceptors (Lipinski definition) is 5. The Morgan fingerprint density at radius 3 is 2.73 bits per heavy atom. The minimum absolute atomic E-state index is 0.200. The number of hydrogen-bond donors (Lipinski definition) is 1. The van der Waals surface area contributed by atoms with Crippen molar-refractivity contribution in [3.63, 3.8) is 0 Å². The Kier molecular flexibility index (Phi) is 5.10. The van der Waals surface area contributed by atoms with Gasteiger partial charge in [-0.3, -0.25) is 4.79 Å². The molecule has 1 N–H and O–H groups in total. The molecule has 1 aromatic rings. The van der Waals surface area contributed by atoms with E-state index in [-0.39, 0.29) is 17.6 Å². The molecule has 22 heavy (non-hydrogen) atoms. The zero-order chi connectivity index (χ0) is 15.4. The SMILES string of the molecule is O=C(NC1CCCCC1)c1nc(N2CCOCC2)ncc1Cl. The molecule has 0 bridgehead atoms. The second-order valence-corrected chi connectivity index (χ2v) is 6.18. The van der Waals surface area contributed by atoms with Crippen LogP contribution in [0.2, 0.25) is 5.02 Å². The van der Waals surface area contributed by atoms with Crippen molar-refractivity contribution in [1.82, 2.24) is 15.3 Å². The predicted molar refractivity (Wildman–Crippen MR) is 84.4 cm³/mol. The van der Waals surface area contributed by atoms with Crippen LogP contribution >= 0.6 is 11.6 Å². The van der Waals surface area contributed by atoms with Crippen molar-refractivity contribution >= 4 is 23.5 Å². The van der Waals surface area contributed by atoms with Gasteiger partial charge in [0.15, 0.2) is 5.69 Å². The summed E-state index contributed by atoms with van der Waals surface area (Å²) >= 11 is 6.12. The number of ether oxygens (including phenoxy) is 1. The summed E-state index contributed by atoms with van der Waals surface area (Å²) in [4.78, 5) is 23.1. The van der Waals surface area contributed by atoms with E-state index in [0.29, 0.717) is 24.2 Å². The van der Waals surface area contributed by atoms with Gasteiger partial charge in [-0.15, -0.1) is 0 Å². The molecular weight excluding hydrogens is 304 g/mol. The fraction of sp³-hybridized carbons (Fsp3) is 0.667. The summed E-state index contributed by atoms with van der Waals surface area (Å²) in [6, 6.07) is 0.235. The van der Waals surface area contributed by atoms with Crippen LogP contribution in [0.3, 0.4) is 0 Å². The summed E-state index contributed by atoms with van der Waals surface area (Å²) in [6.45, 7) is 2.75. The minimum Gasteiger partial charge on any atom is -0.378 e. The molecule has 0 radical (unpaired) electrons. The van der Waals surface area contributed by atoms with Gasteiger partial charge in [0.2, 0.25) is 5.95 Å². The van der Waals surface area contributed by atoms with E-state index in [1.807, 2.05) is 4.90 Å². The number of halogens is 1. The topological polar surface area (TPSA) is 67.4 Å². The molecule has 1 aliphatic heterocycles. The van der Waals surface area contributed by atoms with Gasteiger partial charge in [0.05, 0.1) is 24.4 Å². The molecule has 7 heteroatoms. The number of carbonyl (C=O) groups is 1. The van der Waals surface area contributed by atoms with Crippen LogP contribution in [0.5, 0.6) is 0 Å². The Morgan fingerprint density at radius 2 is 2.00 bits per heavy atom. The number of rotatable bonds is 3. The first-order valence-corrected chi connectivity index (χ1v) is 8.28. The van der Waals surface area contributed by atoms with Gasteiger partial charge in [0.25, 0.3) is 5.91 Å². The number of nitrogens with one attached hydrogen (secondary N) is 1. The molecule has 0 atom stereocenters. The maximum absolute atomic E-state index is 12.4. The summed E-state index contributed by atoms with van der Waals surface area (Å²) < 4.78 is 5.32. The molecule has 0 unspecified atom stereocenters. The Morgan fingerprint density at radius 1 is 1.27 bits per heavy atom. The highest BCUT2D eigenvalue weighted by Crippen LogP contribution is 2.20. The molecule has 1 amide bonds. The Balaban J connectivity index is 1.72. The second-order valence-electron chi connectivity index (χ2n) is 5.77. The number of morpholine rings is 1. The molecule has 3 rings (SSSR count). The van der Waals surface area contributed by atoms with E-state index >= 15 is 0 Å². The fourth-order valence-corrected chi connectivity index (χ4v) is 3.11. The summed E-state index contributed by atoms with van der Waals surface area (Å²) in [5, 5.41) is 3.35. The third kappa shape index (κ3) is 3.67. The van der Waals surface area contributed by atoms with E-state index in [9.17, 15) is 4.79 Å². The third-order valence-electron chi connectivity index (χ3n) is 4.18. The van der Waals surface area contributed by atoms with Gasteiger partial charge in [-0.1, -0.05) is 30.9 Å². The van der Waals surface area contributed by atoms with E-state index < -0.39 is 0 Å². The number of nitrogens with zero attached hydrogens (tertiary/aromatic N) is 3. The average Bonchev–Trinajstić information content (AvgIpc) is 2.57. The smallest absolute Gasteiger partial charge is 0.271 e. The third-order valence-corrected chi connectivity index (χ3v) is 4.46. The number of anilines is 1. The lowest BCUT2D eigenvalue weighted by atomic mass is 9.95. The summed E-state index contributed by atoms with van der Waals surface area (Å²) in [5.74, 6) is 0.343. The van der Waals surface area contributed by atoms with Gasteiger partial charge in [-0.2, -0.15) is 0 Å². The van der Waals surface area contributed by atoms with Crippen LogP contribution < -0.4 is 10.2 Å². The largest absolute Gasteiger partial charge is 0.378 e. The molecule has 6 nitrogen and oxygen atoms in total. The molecule has 0 aromatic carbocycles. The summed E-state index contributed by atoms with van der Waals surface area (Å²) in [5.41, 5.74) is 0.267. The van der Waals surface area contributed by atoms with Crippen molar-refractivity contribution in [2.75, 3.05) is 31.2 Å². The van der Waals surface area contributed by atoms with Crippen LogP contribution in [0.4, 0.5) is 5.95 Å². The van der Waals surface area contributed by atoms with Crippen molar-refractivity contribution in [3.05, 3.63) is 16.9 Å². The number of carbonyl (C=O) groups excluding carboxylic acids is 1. The fourth-order valence-electron chi connectivity index (χ4n) is 2.93. The van der Waals surface area contributed by atoms with Crippen LogP contribution in [-0.4, -0.2) is 48.2 Å². The monoisotopic (exact) mass is 324 g/mol. The zero-order valence-electron chi connectivity index (χ0n) is 12.6. The predicted octanol–water partition coefficient (Wildman–Crippen LogP) is 2.03. The second kappa shape index (κ2) is 7.24. The van der Waals surface area contributed by atoms with E-state index in [1.165, 1.54) is 25.5 Å². The average molecular weight is 325 g/mol. The van der Waals surface area contributed by atoms with Gasteiger partial charge in [-0.05, 0) is 12.8 Å². The van der Waals surface area contributed by atoms with Gasteiger partial charge >= 0.3 is 0 Å². The molecular formula is C15H21ClN4O2. The van der Waals surface area contributed by atoms with Crippen molar-refractivity contribution in [3.8, 4) is 0 Å². The molecule has 120 valence electrons. The summed E-state index contributed by atoms with van der Waals surface area (Å²) in [7, 11) is 0. The Hall–Kier alpha value is -1.40. The van der Waals surface area contributed by atoms with Gasteiger partial charge < -0.3 is 15.0 Å². The quantitative estimate of drug-likeness (QED) is 0.921.